The van der Waals surface area contributed by atoms with Crippen LogP contribution >= 0.6 is 11.6 Å². The highest BCUT2D eigenvalue weighted by atomic mass is 35.5. The van der Waals surface area contributed by atoms with Gasteiger partial charge in [0.1, 0.15) is 11.8 Å². The summed E-state index contributed by atoms with van der Waals surface area (Å²) < 4.78 is 5.30. The van der Waals surface area contributed by atoms with Crippen molar-refractivity contribution < 1.29 is 14.6 Å². The molecule has 1 aromatic heterocycles. The summed E-state index contributed by atoms with van der Waals surface area (Å²) in [5.74, 6) is 0.492. The number of pyridine rings is 1. The number of hydrogen-bond acceptors (Lipinski definition) is 3. The van der Waals surface area contributed by atoms with E-state index >= 15 is 0 Å². The Morgan fingerprint density at radius 1 is 1.67 bits per heavy atom. The molecule has 1 atom stereocenters. The molecule has 0 aromatic carbocycles. The summed E-state index contributed by atoms with van der Waals surface area (Å²) in [5.41, 5.74) is 0.865. The van der Waals surface area contributed by atoms with E-state index in [1.807, 2.05) is 0 Å². The molecule has 0 radical (unpaired) electrons. The second kappa shape index (κ2) is 3.94. The van der Waals surface area contributed by atoms with Crippen LogP contribution in [0.25, 0.3) is 0 Å². The van der Waals surface area contributed by atoms with Gasteiger partial charge in [-0.1, -0.05) is 17.7 Å². The van der Waals surface area contributed by atoms with E-state index in [0.717, 1.165) is 5.56 Å². The smallest absolute Gasteiger partial charge is 0.405 e. The van der Waals surface area contributed by atoms with Crippen molar-refractivity contribution in [2.45, 2.75) is 12.5 Å². The number of amides is 1. The number of ether oxygens (including phenoxy) is 1. The molecule has 0 fully saturated rings. The van der Waals surface area contributed by atoms with E-state index in [9.17, 15) is 4.79 Å². The number of hydrogen-bond donors (Lipinski definition) is 2. The zero-order valence-electron chi connectivity index (χ0n) is 7.74. The number of halogens is 1. The minimum atomic E-state index is -1.05. The lowest BCUT2D eigenvalue weighted by atomic mass is 10.1. The number of nitrogens with zero attached hydrogens (tertiary/aromatic N) is 1. The molecule has 5 nitrogen and oxygen atoms in total. The fraction of sp³-hybridized carbons (Fsp3) is 0.333. The highest BCUT2D eigenvalue weighted by Gasteiger charge is 2.22. The Kier molecular flexibility index (Phi) is 2.64. The van der Waals surface area contributed by atoms with Crippen molar-refractivity contribution in [1.29, 1.82) is 0 Å². The molecule has 2 N–H and O–H groups in total. The molecule has 80 valence electrons. The normalized spacial score (nSPS) is 18.9. The first-order valence-electron chi connectivity index (χ1n) is 4.43. The van der Waals surface area contributed by atoms with E-state index in [1.54, 1.807) is 12.1 Å². The summed E-state index contributed by atoms with van der Waals surface area (Å²) in [7, 11) is 0. The van der Waals surface area contributed by atoms with Crippen molar-refractivity contribution in [1.82, 2.24) is 10.3 Å². The Labute approximate surface area is 91.0 Å². The summed E-state index contributed by atoms with van der Waals surface area (Å²) in [6.07, 6.45) is -0.472. The lowest BCUT2D eigenvalue weighted by Gasteiger charge is -2.24. The SMILES string of the molecule is O=C(O)NC1COc2nc(Cl)ccc2C1. The van der Waals surface area contributed by atoms with Crippen LogP contribution in [0.3, 0.4) is 0 Å². The van der Waals surface area contributed by atoms with Crippen LogP contribution in [0, 0.1) is 0 Å². The van der Waals surface area contributed by atoms with E-state index in [0.29, 0.717) is 17.5 Å². The average Bonchev–Trinajstić information content (AvgIpc) is 2.17. The molecule has 0 saturated carbocycles. The van der Waals surface area contributed by atoms with Gasteiger partial charge >= 0.3 is 6.09 Å². The van der Waals surface area contributed by atoms with Crippen molar-refractivity contribution in [3.63, 3.8) is 0 Å². The van der Waals surface area contributed by atoms with Crippen molar-refractivity contribution >= 4 is 17.7 Å². The summed E-state index contributed by atoms with van der Waals surface area (Å²) >= 11 is 5.70. The van der Waals surface area contributed by atoms with Crippen molar-refractivity contribution in [2.24, 2.45) is 0 Å². The van der Waals surface area contributed by atoms with Crippen LogP contribution in [0.15, 0.2) is 12.1 Å². The van der Waals surface area contributed by atoms with Crippen LogP contribution in [-0.2, 0) is 6.42 Å². The average molecular weight is 229 g/mol. The van der Waals surface area contributed by atoms with Gasteiger partial charge < -0.3 is 15.2 Å². The highest BCUT2D eigenvalue weighted by Crippen LogP contribution is 2.24. The second-order valence-corrected chi connectivity index (χ2v) is 3.65. The van der Waals surface area contributed by atoms with E-state index in [1.165, 1.54) is 0 Å². The molecule has 0 spiro atoms. The molecule has 1 amide bonds. The molecule has 6 heteroatoms. The van der Waals surface area contributed by atoms with Crippen molar-refractivity contribution in [3.05, 3.63) is 22.8 Å². The quantitative estimate of drug-likeness (QED) is 0.711. The first kappa shape index (κ1) is 10.0. The van der Waals surface area contributed by atoms with Crippen LogP contribution in [0.4, 0.5) is 4.79 Å². The molecular formula is C9H9ClN2O3. The standard InChI is InChI=1S/C9H9ClN2O3/c10-7-2-1-5-3-6(11-9(13)14)4-15-8(5)12-7/h1-2,6,11H,3-4H2,(H,13,14). The van der Waals surface area contributed by atoms with Gasteiger partial charge in [-0.2, -0.15) is 0 Å². The molecule has 0 bridgehead atoms. The zero-order valence-corrected chi connectivity index (χ0v) is 8.49. The molecule has 0 aliphatic carbocycles. The molecular weight excluding hydrogens is 220 g/mol. The van der Waals surface area contributed by atoms with Gasteiger partial charge in [0.05, 0.1) is 6.04 Å². The summed E-state index contributed by atoms with van der Waals surface area (Å²) in [4.78, 5) is 14.4. The van der Waals surface area contributed by atoms with Gasteiger partial charge in [-0.3, -0.25) is 0 Å². The number of fused-ring (bicyclic) bond motifs is 1. The molecule has 0 saturated heterocycles. The van der Waals surface area contributed by atoms with Crippen molar-refractivity contribution in [3.8, 4) is 5.88 Å². The van der Waals surface area contributed by atoms with Crippen LogP contribution in [0.5, 0.6) is 5.88 Å². The van der Waals surface area contributed by atoms with Gasteiger partial charge in [-0.25, -0.2) is 9.78 Å². The third-order valence-electron chi connectivity index (χ3n) is 2.12. The van der Waals surface area contributed by atoms with Crippen LogP contribution in [0.1, 0.15) is 5.56 Å². The Hall–Kier alpha value is -1.49. The largest absolute Gasteiger partial charge is 0.475 e. The predicted molar refractivity (Wildman–Crippen MR) is 53.4 cm³/mol. The Morgan fingerprint density at radius 2 is 2.47 bits per heavy atom. The minimum absolute atomic E-state index is 0.224. The first-order chi connectivity index (χ1) is 7.15. The minimum Gasteiger partial charge on any atom is -0.475 e. The summed E-state index contributed by atoms with van der Waals surface area (Å²) in [6, 6.07) is 3.23. The van der Waals surface area contributed by atoms with Gasteiger partial charge in [-0.15, -0.1) is 0 Å². The molecule has 1 unspecified atom stereocenters. The molecule has 1 aromatic rings. The molecule has 2 heterocycles. The monoisotopic (exact) mass is 228 g/mol. The topological polar surface area (TPSA) is 71.5 Å². The summed E-state index contributed by atoms with van der Waals surface area (Å²) in [5, 5.41) is 11.3. The predicted octanol–water partition coefficient (Wildman–Crippen LogP) is 1.31. The maximum atomic E-state index is 10.4. The third kappa shape index (κ3) is 2.30. The van der Waals surface area contributed by atoms with Gasteiger partial charge in [0.2, 0.25) is 5.88 Å². The van der Waals surface area contributed by atoms with Gasteiger partial charge in [0, 0.05) is 12.0 Å². The molecule has 1 aliphatic heterocycles. The first-order valence-corrected chi connectivity index (χ1v) is 4.80. The lowest BCUT2D eigenvalue weighted by molar-refractivity contribution is 0.175. The zero-order chi connectivity index (χ0) is 10.8. The lowest BCUT2D eigenvalue weighted by Crippen LogP contribution is -2.42. The van der Waals surface area contributed by atoms with E-state index in [4.69, 9.17) is 21.4 Å². The number of carboxylic acid groups (broad SMARTS) is 1. The fourth-order valence-electron chi connectivity index (χ4n) is 1.50. The molecule has 15 heavy (non-hydrogen) atoms. The number of aromatic nitrogens is 1. The highest BCUT2D eigenvalue weighted by molar-refractivity contribution is 6.29. The maximum absolute atomic E-state index is 10.4. The molecule has 2 rings (SSSR count). The number of carbonyl (C=O) groups is 1. The maximum Gasteiger partial charge on any atom is 0.405 e. The van der Waals surface area contributed by atoms with E-state index in [2.05, 4.69) is 10.3 Å². The molecule has 1 aliphatic rings. The van der Waals surface area contributed by atoms with Crippen LogP contribution < -0.4 is 10.1 Å². The Morgan fingerprint density at radius 3 is 3.20 bits per heavy atom. The van der Waals surface area contributed by atoms with Gasteiger partial charge in [0.25, 0.3) is 0 Å². The van der Waals surface area contributed by atoms with Crippen LogP contribution in [-0.4, -0.2) is 28.8 Å². The Bertz CT molecular complexity index is 397. The Balaban J connectivity index is 2.13. The van der Waals surface area contributed by atoms with E-state index in [-0.39, 0.29) is 12.6 Å². The number of nitrogens with one attached hydrogen (secondary N) is 1. The number of rotatable bonds is 1. The third-order valence-corrected chi connectivity index (χ3v) is 2.33. The van der Waals surface area contributed by atoms with Gasteiger partial charge in [0.15, 0.2) is 0 Å². The van der Waals surface area contributed by atoms with Crippen LogP contribution in [0.2, 0.25) is 5.15 Å². The van der Waals surface area contributed by atoms with Crippen molar-refractivity contribution in [2.75, 3.05) is 6.61 Å². The van der Waals surface area contributed by atoms with E-state index < -0.39 is 6.09 Å². The van der Waals surface area contributed by atoms with Gasteiger partial charge in [-0.05, 0) is 6.07 Å². The fourth-order valence-corrected chi connectivity index (χ4v) is 1.64. The summed E-state index contributed by atoms with van der Waals surface area (Å²) in [6.45, 7) is 0.284. The second-order valence-electron chi connectivity index (χ2n) is 3.26.